The SMILES string of the molecule is Cn1c(=O)c(S(=O)(=O)c2ccc(F)cc2)cc2cnc(Nc3ccc4cc[nH]c4c3)nc21. The zero-order valence-corrected chi connectivity index (χ0v) is 17.5. The standard InChI is InChI=1S/C22H16FN5O3S/c1-28-20-14(10-19(21(28)29)32(30,31)17-6-3-15(23)4-7-17)12-25-22(27-20)26-16-5-2-13-8-9-24-18(13)11-16/h2-12,24H,1H3,(H,25,26,27). The quantitative estimate of drug-likeness (QED) is 0.406. The van der Waals surface area contributed by atoms with E-state index < -0.39 is 26.1 Å². The molecular formula is C22H16FN5O3S. The van der Waals surface area contributed by atoms with E-state index in [4.69, 9.17) is 0 Å². The van der Waals surface area contributed by atoms with Crippen molar-refractivity contribution in [2.45, 2.75) is 9.79 Å². The first-order chi connectivity index (χ1) is 15.3. The number of H-pyrrole nitrogens is 1. The molecule has 0 bridgehead atoms. The molecule has 0 unspecified atom stereocenters. The summed E-state index contributed by atoms with van der Waals surface area (Å²) in [5.41, 5.74) is 1.23. The first-order valence-electron chi connectivity index (χ1n) is 9.54. The lowest BCUT2D eigenvalue weighted by atomic mass is 10.2. The minimum atomic E-state index is -4.15. The zero-order chi connectivity index (χ0) is 22.5. The molecule has 2 aromatic carbocycles. The highest BCUT2D eigenvalue weighted by Crippen LogP contribution is 2.23. The second-order valence-corrected chi connectivity index (χ2v) is 9.13. The number of nitrogens with one attached hydrogen (secondary N) is 2. The lowest BCUT2D eigenvalue weighted by Gasteiger charge is -2.11. The molecule has 0 amide bonds. The molecule has 0 saturated heterocycles. The van der Waals surface area contributed by atoms with Crippen molar-refractivity contribution in [2.24, 2.45) is 7.05 Å². The topological polar surface area (TPSA) is 110 Å². The van der Waals surface area contributed by atoms with Crippen molar-refractivity contribution in [3.63, 3.8) is 0 Å². The van der Waals surface area contributed by atoms with Gasteiger partial charge in [0.25, 0.3) is 5.56 Å². The summed E-state index contributed by atoms with van der Waals surface area (Å²) in [7, 11) is -2.71. The molecule has 10 heteroatoms. The van der Waals surface area contributed by atoms with Crippen molar-refractivity contribution in [3.05, 3.63) is 83.2 Å². The van der Waals surface area contributed by atoms with E-state index in [1.807, 2.05) is 30.5 Å². The van der Waals surface area contributed by atoms with Gasteiger partial charge in [0.05, 0.1) is 4.90 Å². The van der Waals surface area contributed by atoms with Crippen LogP contribution in [0.4, 0.5) is 16.0 Å². The zero-order valence-electron chi connectivity index (χ0n) is 16.7. The number of fused-ring (bicyclic) bond motifs is 2. The largest absolute Gasteiger partial charge is 0.361 e. The van der Waals surface area contributed by atoms with Crippen LogP contribution in [0.2, 0.25) is 0 Å². The second-order valence-electron chi connectivity index (χ2n) is 7.21. The molecule has 0 fully saturated rings. The van der Waals surface area contributed by atoms with E-state index in [1.54, 1.807) is 0 Å². The predicted molar refractivity (Wildman–Crippen MR) is 118 cm³/mol. The van der Waals surface area contributed by atoms with Crippen molar-refractivity contribution in [1.29, 1.82) is 0 Å². The number of sulfone groups is 1. The van der Waals surface area contributed by atoms with Gasteiger partial charge in [0, 0.05) is 36.0 Å². The number of aromatic amines is 1. The molecule has 0 spiro atoms. The lowest BCUT2D eigenvalue weighted by molar-refractivity contribution is 0.592. The number of hydrogen-bond acceptors (Lipinski definition) is 6. The van der Waals surface area contributed by atoms with Crippen LogP contribution in [0.1, 0.15) is 0 Å². The van der Waals surface area contributed by atoms with Crippen LogP contribution in [0.25, 0.3) is 21.9 Å². The van der Waals surface area contributed by atoms with Crippen LogP contribution in [0, 0.1) is 5.82 Å². The Morgan fingerprint density at radius 1 is 1.03 bits per heavy atom. The molecule has 2 N–H and O–H groups in total. The van der Waals surface area contributed by atoms with Gasteiger partial charge in [-0.3, -0.25) is 9.36 Å². The minimum absolute atomic E-state index is 0.172. The highest BCUT2D eigenvalue weighted by Gasteiger charge is 2.24. The Bertz CT molecular complexity index is 1660. The summed E-state index contributed by atoms with van der Waals surface area (Å²) in [6.45, 7) is 0. The molecule has 0 aliphatic rings. The molecule has 0 atom stereocenters. The van der Waals surface area contributed by atoms with E-state index in [-0.39, 0.29) is 16.5 Å². The molecule has 0 aliphatic heterocycles. The van der Waals surface area contributed by atoms with Gasteiger partial charge in [-0.25, -0.2) is 17.8 Å². The van der Waals surface area contributed by atoms with Crippen molar-refractivity contribution in [3.8, 4) is 0 Å². The molecule has 3 heterocycles. The number of benzene rings is 2. The number of aryl methyl sites for hydroxylation is 1. The molecule has 8 nitrogen and oxygen atoms in total. The average molecular weight is 449 g/mol. The van der Waals surface area contributed by atoms with Crippen LogP contribution in [0.15, 0.2) is 81.6 Å². The second kappa shape index (κ2) is 7.27. The number of rotatable bonds is 4. The van der Waals surface area contributed by atoms with Crippen LogP contribution < -0.4 is 10.9 Å². The Morgan fingerprint density at radius 2 is 1.81 bits per heavy atom. The van der Waals surface area contributed by atoms with Gasteiger partial charge in [-0.1, -0.05) is 6.07 Å². The van der Waals surface area contributed by atoms with E-state index in [0.717, 1.165) is 45.4 Å². The third-order valence-electron chi connectivity index (χ3n) is 5.14. The van der Waals surface area contributed by atoms with Gasteiger partial charge in [-0.05, 0) is 53.9 Å². The summed E-state index contributed by atoms with van der Waals surface area (Å²) in [6.07, 6.45) is 3.29. The maximum absolute atomic E-state index is 13.2. The van der Waals surface area contributed by atoms with Gasteiger partial charge in [0.2, 0.25) is 15.8 Å². The van der Waals surface area contributed by atoms with Crippen LogP contribution in [0.5, 0.6) is 0 Å². The number of aromatic nitrogens is 4. The van der Waals surface area contributed by atoms with Crippen molar-refractivity contribution >= 4 is 43.4 Å². The third kappa shape index (κ3) is 3.30. The smallest absolute Gasteiger partial charge is 0.271 e. The fourth-order valence-corrected chi connectivity index (χ4v) is 4.86. The molecular weight excluding hydrogens is 433 g/mol. The van der Waals surface area contributed by atoms with Crippen molar-refractivity contribution < 1.29 is 12.8 Å². The molecule has 0 radical (unpaired) electrons. The predicted octanol–water partition coefficient (Wildman–Crippen LogP) is 3.53. The summed E-state index contributed by atoms with van der Waals surface area (Å²) in [5, 5.41) is 4.52. The molecule has 160 valence electrons. The van der Waals surface area contributed by atoms with E-state index in [9.17, 15) is 17.6 Å². The summed E-state index contributed by atoms with van der Waals surface area (Å²) < 4.78 is 40.3. The van der Waals surface area contributed by atoms with Gasteiger partial charge in [0.15, 0.2) is 0 Å². The van der Waals surface area contributed by atoms with E-state index >= 15 is 0 Å². The molecule has 0 saturated carbocycles. The summed E-state index contributed by atoms with van der Waals surface area (Å²) in [5.74, 6) is -0.313. The molecule has 5 aromatic rings. The van der Waals surface area contributed by atoms with Crippen molar-refractivity contribution in [2.75, 3.05) is 5.32 Å². The normalized spacial score (nSPS) is 11.8. The van der Waals surface area contributed by atoms with Gasteiger partial charge < -0.3 is 10.3 Å². The Hall–Kier alpha value is -4.05. The highest BCUT2D eigenvalue weighted by molar-refractivity contribution is 7.91. The Balaban J connectivity index is 1.57. The van der Waals surface area contributed by atoms with Gasteiger partial charge >= 0.3 is 0 Å². The van der Waals surface area contributed by atoms with Crippen LogP contribution >= 0.6 is 0 Å². The number of pyridine rings is 1. The highest BCUT2D eigenvalue weighted by atomic mass is 32.2. The summed E-state index contributed by atoms with van der Waals surface area (Å²) in [6, 6.07) is 13.2. The molecule has 3 aromatic heterocycles. The van der Waals surface area contributed by atoms with E-state index in [0.29, 0.717) is 5.39 Å². The average Bonchev–Trinajstić information content (AvgIpc) is 3.24. The van der Waals surface area contributed by atoms with Gasteiger partial charge in [-0.15, -0.1) is 0 Å². The minimum Gasteiger partial charge on any atom is -0.361 e. The first kappa shape index (κ1) is 19.9. The summed E-state index contributed by atoms with van der Waals surface area (Å²) >= 11 is 0. The molecule has 0 aliphatic carbocycles. The Kier molecular flexibility index (Phi) is 4.52. The first-order valence-corrected chi connectivity index (χ1v) is 11.0. The fraction of sp³-hybridized carbons (Fsp3) is 0.0455. The third-order valence-corrected chi connectivity index (χ3v) is 6.90. The summed E-state index contributed by atoms with van der Waals surface area (Å²) in [4.78, 5) is 24.1. The Morgan fingerprint density at radius 3 is 2.59 bits per heavy atom. The number of nitrogens with zero attached hydrogens (tertiary/aromatic N) is 3. The number of hydrogen-bond donors (Lipinski definition) is 2. The Labute approximate surface area is 181 Å². The van der Waals surface area contributed by atoms with E-state index in [1.165, 1.54) is 19.3 Å². The fourth-order valence-electron chi connectivity index (χ4n) is 3.47. The lowest BCUT2D eigenvalue weighted by Crippen LogP contribution is -2.25. The van der Waals surface area contributed by atoms with Crippen LogP contribution in [0.3, 0.4) is 0 Å². The molecule has 5 rings (SSSR count). The van der Waals surface area contributed by atoms with E-state index in [2.05, 4.69) is 20.3 Å². The maximum Gasteiger partial charge on any atom is 0.271 e. The number of halogens is 1. The molecule has 32 heavy (non-hydrogen) atoms. The van der Waals surface area contributed by atoms with Gasteiger partial charge in [0.1, 0.15) is 16.4 Å². The van der Waals surface area contributed by atoms with Crippen LogP contribution in [-0.2, 0) is 16.9 Å². The van der Waals surface area contributed by atoms with Gasteiger partial charge in [-0.2, -0.15) is 4.98 Å². The van der Waals surface area contributed by atoms with Crippen LogP contribution in [-0.4, -0.2) is 27.9 Å². The number of anilines is 2. The maximum atomic E-state index is 13.2. The monoisotopic (exact) mass is 449 g/mol. The van der Waals surface area contributed by atoms with Crippen molar-refractivity contribution in [1.82, 2.24) is 19.5 Å².